The van der Waals surface area contributed by atoms with Crippen LogP contribution in [0.4, 0.5) is 10.9 Å². The zero-order valence-electron chi connectivity index (χ0n) is 12.1. The number of thiazole rings is 1. The van der Waals surface area contributed by atoms with Crippen LogP contribution < -0.4 is 10.1 Å². The summed E-state index contributed by atoms with van der Waals surface area (Å²) in [6.45, 7) is 1.96. The molecule has 0 fully saturated rings. The first-order valence-corrected chi connectivity index (χ1v) is 7.90. The van der Waals surface area contributed by atoms with Crippen molar-refractivity contribution in [3.05, 3.63) is 52.6 Å². The average Bonchev–Trinajstić information content (AvgIpc) is 2.92. The third-order valence-electron chi connectivity index (χ3n) is 3.10. The fourth-order valence-corrected chi connectivity index (χ4v) is 3.00. The maximum atomic E-state index is 6.19. The predicted molar refractivity (Wildman–Crippen MR) is 91.4 cm³/mol. The summed E-state index contributed by atoms with van der Waals surface area (Å²) >= 11 is 7.74. The SMILES string of the molecule is COc1ccc(-c2ccnc(Nc3nc(C)cs3)c2)cc1Cl. The highest BCUT2D eigenvalue weighted by atomic mass is 35.5. The lowest BCUT2D eigenvalue weighted by atomic mass is 10.1. The lowest BCUT2D eigenvalue weighted by Gasteiger charge is -2.08. The molecule has 0 saturated heterocycles. The van der Waals surface area contributed by atoms with E-state index in [1.165, 1.54) is 0 Å². The number of nitrogens with zero attached hydrogens (tertiary/aromatic N) is 2. The van der Waals surface area contributed by atoms with Crippen LogP contribution in [0.5, 0.6) is 5.75 Å². The van der Waals surface area contributed by atoms with E-state index in [0.717, 1.165) is 27.8 Å². The van der Waals surface area contributed by atoms with Gasteiger partial charge in [0.2, 0.25) is 0 Å². The molecule has 0 aliphatic carbocycles. The zero-order chi connectivity index (χ0) is 15.5. The number of aromatic nitrogens is 2. The first kappa shape index (κ1) is 14.8. The van der Waals surface area contributed by atoms with Crippen LogP contribution in [0.25, 0.3) is 11.1 Å². The van der Waals surface area contributed by atoms with Crippen LogP contribution >= 0.6 is 22.9 Å². The number of hydrogen-bond acceptors (Lipinski definition) is 5. The van der Waals surface area contributed by atoms with Crippen molar-refractivity contribution in [3.8, 4) is 16.9 Å². The number of anilines is 2. The summed E-state index contributed by atoms with van der Waals surface area (Å²) in [5.41, 5.74) is 3.02. The molecule has 1 N–H and O–H groups in total. The molecule has 0 radical (unpaired) electrons. The van der Waals surface area contributed by atoms with Crippen molar-refractivity contribution in [2.45, 2.75) is 6.92 Å². The lowest BCUT2D eigenvalue weighted by Crippen LogP contribution is -1.93. The number of pyridine rings is 1. The van der Waals surface area contributed by atoms with Gasteiger partial charge in [0.15, 0.2) is 5.13 Å². The second kappa shape index (κ2) is 6.34. The minimum Gasteiger partial charge on any atom is -0.495 e. The van der Waals surface area contributed by atoms with Gasteiger partial charge in [0.05, 0.1) is 17.8 Å². The highest BCUT2D eigenvalue weighted by Crippen LogP contribution is 2.31. The van der Waals surface area contributed by atoms with Crippen LogP contribution in [0.2, 0.25) is 5.02 Å². The van der Waals surface area contributed by atoms with Gasteiger partial charge in [-0.1, -0.05) is 17.7 Å². The topological polar surface area (TPSA) is 47.0 Å². The van der Waals surface area contributed by atoms with Gasteiger partial charge >= 0.3 is 0 Å². The molecular weight excluding hydrogens is 318 g/mol. The summed E-state index contributed by atoms with van der Waals surface area (Å²) in [5.74, 6) is 1.41. The molecule has 0 aliphatic rings. The monoisotopic (exact) mass is 331 g/mol. The summed E-state index contributed by atoms with van der Waals surface area (Å²) in [6.07, 6.45) is 1.76. The minimum atomic E-state index is 0.585. The molecule has 6 heteroatoms. The highest BCUT2D eigenvalue weighted by Gasteiger charge is 2.06. The Hall–Kier alpha value is -2.11. The Balaban J connectivity index is 1.89. The smallest absolute Gasteiger partial charge is 0.188 e. The van der Waals surface area contributed by atoms with Crippen LogP contribution in [-0.4, -0.2) is 17.1 Å². The van der Waals surface area contributed by atoms with Gasteiger partial charge in [0.25, 0.3) is 0 Å². The van der Waals surface area contributed by atoms with Crippen molar-refractivity contribution in [1.82, 2.24) is 9.97 Å². The van der Waals surface area contributed by atoms with Gasteiger partial charge in [-0.25, -0.2) is 9.97 Å². The van der Waals surface area contributed by atoms with Gasteiger partial charge in [-0.2, -0.15) is 0 Å². The molecule has 0 unspecified atom stereocenters. The highest BCUT2D eigenvalue weighted by molar-refractivity contribution is 7.13. The zero-order valence-corrected chi connectivity index (χ0v) is 13.7. The van der Waals surface area contributed by atoms with Gasteiger partial charge in [-0.05, 0) is 42.3 Å². The van der Waals surface area contributed by atoms with E-state index in [0.29, 0.717) is 10.8 Å². The molecule has 0 spiro atoms. The molecule has 0 bridgehead atoms. The fraction of sp³-hybridized carbons (Fsp3) is 0.125. The summed E-state index contributed by atoms with van der Waals surface area (Å²) < 4.78 is 5.18. The van der Waals surface area contributed by atoms with E-state index in [4.69, 9.17) is 16.3 Å². The van der Waals surface area contributed by atoms with Crippen molar-refractivity contribution in [2.75, 3.05) is 12.4 Å². The quantitative estimate of drug-likeness (QED) is 0.737. The van der Waals surface area contributed by atoms with Gasteiger partial charge in [-0.15, -0.1) is 11.3 Å². The van der Waals surface area contributed by atoms with E-state index < -0.39 is 0 Å². The van der Waals surface area contributed by atoms with Crippen LogP contribution in [0, 0.1) is 6.92 Å². The Kier molecular flexibility index (Phi) is 4.27. The number of ether oxygens (including phenoxy) is 1. The van der Waals surface area contributed by atoms with Crippen molar-refractivity contribution in [2.24, 2.45) is 0 Å². The lowest BCUT2D eigenvalue weighted by molar-refractivity contribution is 0.415. The minimum absolute atomic E-state index is 0.585. The largest absolute Gasteiger partial charge is 0.495 e. The molecule has 112 valence electrons. The molecule has 0 aliphatic heterocycles. The van der Waals surface area contributed by atoms with Crippen LogP contribution in [0.3, 0.4) is 0 Å². The third kappa shape index (κ3) is 3.21. The molecule has 2 aromatic heterocycles. The molecule has 0 atom stereocenters. The van der Waals surface area contributed by atoms with Gasteiger partial charge in [0, 0.05) is 11.6 Å². The van der Waals surface area contributed by atoms with E-state index in [9.17, 15) is 0 Å². The Morgan fingerprint density at radius 1 is 1.18 bits per heavy atom. The average molecular weight is 332 g/mol. The standard InChI is InChI=1S/C16H14ClN3OS/c1-10-9-22-16(19-10)20-15-8-12(5-6-18-15)11-3-4-14(21-2)13(17)7-11/h3-9H,1-2H3,(H,18,19,20). The second-order valence-electron chi connectivity index (χ2n) is 4.70. The molecule has 22 heavy (non-hydrogen) atoms. The molecule has 4 nitrogen and oxygen atoms in total. The molecule has 3 aromatic rings. The number of methoxy groups -OCH3 is 1. The summed E-state index contributed by atoms with van der Waals surface area (Å²) in [6, 6.07) is 9.62. The normalized spacial score (nSPS) is 10.5. The Labute approximate surface area is 137 Å². The summed E-state index contributed by atoms with van der Waals surface area (Å²) in [5, 5.41) is 6.62. The van der Waals surface area contributed by atoms with Crippen molar-refractivity contribution in [3.63, 3.8) is 0 Å². The second-order valence-corrected chi connectivity index (χ2v) is 5.96. The van der Waals surface area contributed by atoms with E-state index in [1.807, 2.05) is 42.6 Å². The molecule has 3 rings (SSSR count). The first-order valence-electron chi connectivity index (χ1n) is 6.65. The van der Waals surface area contributed by atoms with E-state index in [1.54, 1.807) is 24.6 Å². The molecule has 2 heterocycles. The molecular formula is C16H14ClN3OS. The predicted octanol–water partition coefficient (Wildman–Crippen LogP) is 4.92. The fourth-order valence-electron chi connectivity index (χ4n) is 2.05. The molecule has 1 aromatic carbocycles. The van der Waals surface area contributed by atoms with Crippen molar-refractivity contribution >= 4 is 33.9 Å². The van der Waals surface area contributed by atoms with Crippen LogP contribution in [0.1, 0.15) is 5.69 Å². The van der Waals surface area contributed by atoms with E-state index in [-0.39, 0.29) is 0 Å². The Bertz CT molecular complexity index is 804. The maximum Gasteiger partial charge on any atom is 0.188 e. The molecule has 0 saturated carbocycles. The number of halogens is 1. The summed E-state index contributed by atoms with van der Waals surface area (Å²) in [7, 11) is 1.60. The maximum absolute atomic E-state index is 6.19. The van der Waals surface area contributed by atoms with Gasteiger partial charge < -0.3 is 10.1 Å². The van der Waals surface area contributed by atoms with Gasteiger partial charge in [0.1, 0.15) is 11.6 Å². The Morgan fingerprint density at radius 2 is 2.00 bits per heavy atom. The van der Waals surface area contributed by atoms with Crippen molar-refractivity contribution < 1.29 is 4.74 Å². The molecule has 0 amide bonds. The van der Waals surface area contributed by atoms with Crippen LogP contribution in [0.15, 0.2) is 41.9 Å². The first-order chi connectivity index (χ1) is 10.7. The number of benzene rings is 1. The van der Waals surface area contributed by atoms with E-state index >= 15 is 0 Å². The van der Waals surface area contributed by atoms with Gasteiger partial charge in [-0.3, -0.25) is 0 Å². The number of nitrogens with one attached hydrogen (secondary N) is 1. The number of hydrogen-bond donors (Lipinski definition) is 1. The Morgan fingerprint density at radius 3 is 2.68 bits per heavy atom. The number of rotatable bonds is 4. The summed E-state index contributed by atoms with van der Waals surface area (Å²) in [4.78, 5) is 8.70. The third-order valence-corrected chi connectivity index (χ3v) is 4.27. The number of aryl methyl sites for hydroxylation is 1. The van der Waals surface area contributed by atoms with Crippen molar-refractivity contribution in [1.29, 1.82) is 0 Å². The van der Waals surface area contributed by atoms with Crippen LogP contribution in [-0.2, 0) is 0 Å². The van der Waals surface area contributed by atoms with E-state index in [2.05, 4.69) is 15.3 Å².